The molecule has 0 amide bonds. The molecule has 4 aromatic heterocycles. The predicted molar refractivity (Wildman–Crippen MR) is 240 cm³/mol. The molecule has 0 atom stereocenters. The van der Waals surface area contributed by atoms with E-state index in [4.69, 9.17) is 9.97 Å². The van der Waals surface area contributed by atoms with Crippen molar-refractivity contribution in [3.63, 3.8) is 0 Å². The Hall–Kier alpha value is -7.34. The lowest BCUT2D eigenvalue weighted by atomic mass is 9.97. The van der Waals surface area contributed by atoms with Crippen molar-refractivity contribution < 1.29 is 0 Å². The molecule has 0 saturated heterocycles. The fourth-order valence-corrected chi connectivity index (χ4v) is 9.89. The van der Waals surface area contributed by atoms with Crippen LogP contribution in [0.4, 0.5) is 0 Å². The normalized spacial score (nSPS) is 11.9. The summed E-state index contributed by atoms with van der Waals surface area (Å²) in [6.45, 7) is 0. The van der Waals surface area contributed by atoms with Crippen molar-refractivity contribution in [2.24, 2.45) is 0 Å². The average molecular weight is 745 g/mol. The van der Waals surface area contributed by atoms with Gasteiger partial charge in [-0.05, 0) is 64.5 Å². The summed E-state index contributed by atoms with van der Waals surface area (Å²) in [5.41, 5.74) is 11.3. The first-order chi connectivity index (χ1) is 28.3. The molecule has 0 N–H and O–H groups in total. The third kappa shape index (κ3) is 4.93. The molecule has 0 aliphatic rings. The van der Waals surface area contributed by atoms with E-state index in [-0.39, 0.29) is 0 Å². The summed E-state index contributed by atoms with van der Waals surface area (Å²) in [6.07, 6.45) is 0. The minimum absolute atomic E-state index is 0.712. The van der Waals surface area contributed by atoms with Crippen molar-refractivity contribution in [1.29, 1.82) is 0 Å². The van der Waals surface area contributed by atoms with Crippen molar-refractivity contribution in [1.82, 2.24) is 19.1 Å². The number of rotatable bonds is 5. The van der Waals surface area contributed by atoms with Gasteiger partial charge < -0.3 is 4.57 Å². The lowest BCUT2D eigenvalue weighted by molar-refractivity contribution is 1.08. The van der Waals surface area contributed by atoms with E-state index < -0.39 is 0 Å². The Morgan fingerprint density at radius 3 is 1.93 bits per heavy atom. The van der Waals surface area contributed by atoms with Crippen LogP contribution < -0.4 is 0 Å². The molecule has 0 radical (unpaired) electrons. The highest BCUT2D eigenvalue weighted by atomic mass is 32.1. The number of hydrogen-bond donors (Lipinski definition) is 0. The van der Waals surface area contributed by atoms with Crippen LogP contribution in [0.1, 0.15) is 0 Å². The van der Waals surface area contributed by atoms with E-state index in [1.807, 2.05) is 6.07 Å². The van der Waals surface area contributed by atoms with Gasteiger partial charge in [0.2, 0.25) is 0 Å². The van der Waals surface area contributed by atoms with Crippen LogP contribution in [0.15, 0.2) is 194 Å². The third-order valence-corrected chi connectivity index (χ3v) is 12.5. The van der Waals surface area contributed by atoms with E-state index in [1.165, 1.54) is 64.9 Å². The topological polar surface area (TPSA) is 35.6 Å². The molecule has 12 aromatic rings. The Morgan fingerprint density at radius 1 is 0.421 bits per heavy atom. The quantitative estimate of drug-likeness (QED) is 0.176. The Balaban J connectivity index is 1.17. The standard InChI is InChI=1S/C52H32N4S/c1-4-16-34(17-5-1)47-32-43-50(57-47)52(54-51(53-43)35-18-6-2-7-19-35)56-45-30-28-36(31-42(45)40-29-27-33-15-10-11-22-39(33)49(40)56)38-24-14-26-46-48(38)41-23-12-13-25-44(41)55(46)37-20-8-3-9-21-37/h1-32H. The molecule has 57 heavy (non-hydrogen) atoms. The van der Waals surface area contributed by atoms with Crippen LogP contribution in [-0.2, 0) is 0 Å². The molecule has 0 aliphatic carbocycles. The third-order valence-electron chi connectivity index (χ3n) is 11.3. The lowest BCUT2D eigenvalue weighted by Gasteiger charge is -2.12. The van der Waals surface area contributed by atoms with Crippen LogP contribution in [0.2, 0.25) is 0 Å². The van der Waals surface area contributed by atoms with Gasteiger partial charge in [-0.2, -0.15) is 0 Å². The fourth-order valence-electron chi connectivity index (χ4n) is 8.81. The molecule has 0 fully saturated rings. The van der Waals surface area contributed by atoms with Gasteiger partial charge in [-0.25, -0.2) is 9.97 Å². The minimum atomic E-state index is 0.712. The number of aromatic nitrogens is 4. The van der Waals surface area contributed by atoms with E-state index in [0.717, 1.165) is 38.3 Å². The summed E-state index contributed by atoms with van der Waals surface area (Å²) in [6, 6.07) is 69.6. The van der Waals surface area contributed by atoms with Gasteiger partial charge in [0.05, 0.1) is 32.3 Å². The summed E-state index contributed by atoms with van der Waals surface area (Å²) >= 11 is 1.76. The minimum Gasteiger partial charge on any atom is -0.309 e. The molecule has 4 heterocycles. The molecular weight excluding hydrogens is 713 g/mol. The molecule has 5 heteroatoms. The number of benzene rings is 8. The van der Waals surface area contributed by atoms with Gasteiger partial charge in [0, 0.05) is 43.1 Å². The SMILES string of the molecule is c1ccc(-c2nc(-n3c4ccc(-c5cccc6c5c5ccccc5n6-c5ccccc5)cc4c4ccc5ccccc5c43)c3sc(-c4ccccc4)cc3n2)cc1. The van der Waals surface area contributed by atoms with Gasteiger partial charge >= 0.3 is 0 Å². The van der Waals surface area contributed by atoms with Crippen LogP contribution in [0.3, 0.4) is 0 Å². The maximum Gasteiger partial charge on any atom is 0.162 e. The van der Waals surface area contributed by atoms with Crippen LogP contribution in [0.5, 0.6) is 0 Å². The highest BCUT2D eigenvalue weighted by Gasteiger charge is 2.23. The van der Waals surface area contributed by atoms with Crippen molar-refractivity contribution >= 4 is 75.9 Å². The zero-order valence-corrected chi connectivity index (χ0v) is 31.5. The number of hydrogen-bond acceptors (Lipinski definition) is 3. The summed E-state index contributed by atoms with van der Waals surface area (Å²) < 4.78 is 5.85. The van der Waals surface area contributed by atoms with Gasteiger partial charge in [0.25, 0.3) is 0 Å². The first-order valence-corrected chi connectivity index (χ1v) is 20.1. The van der Waals surface area contributed by atoms with Crippen LogP contribution in [0, 0.1) is 0 Å². The van der Waals surface area contributed by atoms with Crippen molar-refractivity contribution in [2.75, 3.05) is 0 Å². The number of fused-ring (bicyclic) bond motifs is 9. The maximum atomic E-state index is 5.47. The first-order valence-electron chi connectivity index (χ1n) is 19.3. The van der Waals surface area contributed by atoms with E-state index in [2.05, 4.69) is 197 Å². The Kier molecular flexibility index (Phi) is 7.06. The van der Waals surface area contributed by atoms with Gasteiger partial charge in [-0.15, -0.1) is 11.3 Å². The summed E-state index contributed by atoms with van der Waals surface area (Å²) in [7, 11) is 0. The number of thiophene rings is 1. The first kappa shape index (κ1) is 32.0. The fraction of sp³-hybridized carbons (Fsp3) is 0. The monoisotopic (exact) mass is 744 g/mol. The largest absolute Gasteiger partial charge is 0.309 e. The molecular formula is C52H32N4S. The number of para-hydroxylation sites is 2. The Morgan fingerprint density at radius 2 is 1.11 bits per heavy atom. The van der Waals surface area contributed by atoms with Crippen LogP contribution in [0.25, 0.3) is 109 Å². The van der Waals surface area contributed by atoms with Crippen molar-refractivity contribution in [3.8, 4) is 44.5 Å². The van der Waals surface area contributed by atoms with E-state index in [1.54, 1.807) is 11.3 Å². The second-order valence-corrected chi connectivity index (χ2v) is 15.6. The highest BCUT2D eigenvalue weighted by molar-refractivity contribution is 7.22. The van der Waals surface area contributed by atoms with Crippen LogP contribution in [-0.4, -0.2) is 19.1 Å². The molecule has 0 aliphatic heterocycles. The zero-order chi connectivity index (χ0) is 37.5. The molecule has 0 saturated carbocycles. The van der Waals surface area contributed by atoms with Gasteiger partial charge in [0.15, 0.2) is 11.6 Å². The Labute approximate surface area is 332 Å². The molecule has 0 unspecified atom stereocenters. The zero-order valence-electron chi connectivity index (χ0n) is 30.7. The summed E-state index contributed by atoms with van der Waals surface area (Å²) in [4.78, 5) is 11.8. The maximum absolute atomic E-state index is 5.47. The predicted octanol–water partition coefficient (Wildman–Crippen LogP) is 14.0. The van der Waals surface area contributed by atoms with Gasteiger partial charge in [-0.3, -0.25) is 4.57 Å². The summed E-state index contributed by atoms with van der Waals surface area (Å²) in [5, 5.41) is 7.25. The summed E-state index contributed by atoms with van der Waals surface area (Å²) in [5.74, 6) is 1.60. The van der Waals surface area contributed by atoms with Gasteiger partial charge in [-0.1, -0.05) is 152 Å². The average Bonchev–Trinajstić information content (AvgIpc) is 3.97. The second kappa shape index (κ2) is 12.6. The smallest absolute Gasteiger partial charge is 0.162 e. The second-order valence-electron chi connectivity index (χ2n) is 14.6. The lowest BCUT2D eigenvalue weighted by Crippen LogP contribution is -2.01. The Bertz CT molecular complexity index is 3510. The molecule has 12 rings (SSSR count). The van der Waals surface area contributed by atoms with Crippen molar-refractivity contribution in [3.05, 3.63) is 194 Å². The molecule has 266 valence electrons. The highest BCUT2D eigenvalue weighted by Crippen LogP contribution is 2.44. The van der Waals surface area contributed by atoms with Crippen molar-refractivity contribution in [2.45, 2.75) is 0 Å². The molecule has 4 nitrogen and oxygen atoms in total. The van der Waals surface area contributed by atoms with Crippen LogP contribution >= 0.6 is 11.3 Å². The van der Waals surface area contributed by atoms with E-state index in [9.17, 15) is 0 Å². The molecule has 0 spiro atoms. The van der Waals surface area contributed by atoms with E-state index >= 15 is 0 Å². The molecule has 0 bridgehead atoms. The molecule has 8 aromatic carbocycles. The number of nitrogens with zero attached hydrogens (tertiary/aromatic N) is 4. The van der Waals surface area contributed by atoms with Gasteiger partial charge in [0.1, 0.15) is 0 Å². The van der Waals surface area contributed by atoms with E-state index in [0.29, 0.717) is 5.82 Å².